The van der Waals surface area contributed by atoms with Gasteiger partial charge in [0.1, 0.15) is 11.5 Å². The smallest absolute Gasteiger partial charge is 0.272 e. The van der Waals surface area contributed by atoms with Crippen molar-refractivity contribution >= 4 is 16.8 Å². The molecule has 6 heteroatoms. The molecule has 3 aromatic rings. The van der Waals surface area contributed by atoms with Crippen LogP contribution in [-0.4, -0.2) is 57.8 Å². The molecule has 1 saturated heterocycles. The first-order valence-electron chi connectivity index (χ1n) is 10.3. The molecule has 1 aromatic carbocycles. The predicted molar refractivity (Wildman–Crippen MR) is 115 cm³/mol. The highest BCUT2D eigenvalue weighted by Crippen LogP contribution is 2.24. The van der Waals surface area contributed by atoms with E-state index in [0.717, 1.165) is 31.7 Å². The number of hydrogen-bond donors (Lipinski definition) is 1. The molecule has 1 aliphatic heterocycles. The molecule has 152 valence electrons. The summed E-state index contributed by atoms with van der Waals surface area (Å²) in [5.74, 6) is 1.15. The van der Waals surface area contributed by atoms with Gasteiger partial charge in [-0.05, 0) is 62.4 Å². The summed E-state index contributed by atoms with van der Waals surface area (Å²) in [5, 5.41) is 1.31. The molecule has 3 heterocycles. The van der Waals surface area contributed by atoms with Crippen LogP contribution in [0, 0.1) is 12.8 Å². The van der Waals surface area contributed by atoms with Crippen LogP contribution in [0.4, 0.5) is 0 Å². The Hall–Kier alpha value is -2.73. The molecule has 1 atom stereocenters. The fraction of sp³-hybridized carbons (Fsp3) is 0.435. The average Bonchev–Trinajstić information content (AvgIpc) is 3.17. The third kappa shape index (κ3) is 4.48. The molecule has 0 saturated carbocycles. The first kappa shape index (κ1) is 19.6. The van der Waals surface area contributed by atoms with Crippen LogP contribution >= 0.6 is 0 Å². The molecule has 4 rings (SSSR count). The van der Waals surface area contributed by atoms with E-state index in [-0.39, 0.29) is 5.91 Å². The second-order valence-electron chi connectivity index (χ2n) is 8.29. The maximum Gasteiger partial charge on any atom is 0.272 e. The first-order chi connectivity index (χ1) is 14.0. The Bertz CT molecular complexity index is 1010. The Morgan fingerprint density at radius 3 is 2.97 bits per heavy atom. The van der Waals surface area contributed by atoms with Crippen molar-refractivity contribution in [3.8, 4) is 0 Å². The molecule has 1 amide bonds. The number of hydrogen-bond acceptors (Lipinski definition) is 4. The number of likely N-dealkylation sites (tertiary alicyclic amines) is 1. The van der Waals surface area contributed by atoms with Crippen molar-refractivity contribution in [2.24, 2.45) is 5.92 Å². The number of nitrogens with one attached hydrogen (secondary N) is 1. The summed E-state index contributed by atoms with van der Waals surface area (Å²) in [5.41, 5.74) is 4.04. The van der Waals surface area contributed by atoms with Crippen molar-refractivity contribution in [3.05, 3.63) is 59.3 Å². The SMILES string of the molecule is Cc1nc(C[C@H]2CCCN(Cc3cccc4[nH]ccc34)C2)cc(C(=O)N(C)C)n1. The van der Waals surface area contributed by atoms with E-state index in [2.05, 4.69) is 44.1 Å². The van der Waals surface area contributed by atoms with E-state index in [0.29, 0.717) is 17.4 Å². The zero-order valence-corrected chi connectivity index (χ0v) is 17.5. The average molecular weight is 392 g/mol. The van der Waals surface area contributed by atoms with Gasteiger partial charge in [-0.25, -0.2) is 9.97 Å². The Morgan fingerprint density at radius 2 is 2.14 bits per heavy atom. The largest absolute Gasteiger partial charge is 0.361 e. The van der Waals surface area contributed by atoms with Crippen molar-refractivity contribution in [3.63, 3.8) is 0 Å². The number of fused-ring (bicyclic) bond motifs is 1. The highest BCUT2D eigenvalue weighted by molar-refractivity contribution is 5.92. The number of amides is 1. The summed E-state index contributed by atoms with van der Waals surface area (Å²) in [6.07, 6.45) is 5.30. The lowest BCUT2D eigenvalue weighted by Crippen LogP contribution is -2.36. The molecule has 6 nitrogen and oxygen atoms in total. The number of rotatable bonds is 5. The van der Waals surface area contributed by atoms with Gasteiger partial charge in [0, 0.05) is 50.0 Å². The van der Waals surface area contributed by atoms with Gasteiger partial charge in [-0.1, -0.05) is 12.1 Å². The molecular formula is C23H29N5O. The lowest BCUT2D eigenvalue weighted by Gasteiger charge is -2.33. The molecular weight excluding hydrogens is 362 g/mol. The molecule has 0 unspecified atom stereocenters. The van der Waals surface area contributed by atoms with Gasteiger partial charge in [-0.2, -0.15) is 0 Å². The minimum atomic E-state index is -0.0679. The minimum absolute atomic E-state index is 0.0679. The summed E-state index contributed by atoms with van der Waals surface area (Å²) < 4.78 is 0. The Morgan fingerprint density at radius 1 is 1.28 bits per heavy atom. The third-order valence-corrected chi connectivity index (χ3v) is 5.70. The quantitative estimate of drug-likeness (QED) is 0.724. The third-order valence-electron chi connectivity index (χ3n) is 5.70. The number of piperidine rings is 1. The molecule has 0 spiro atoms. The fourth-order valence-electron chi connectivity index (χ4n) is 4.36. The second-order valence-corrected chi connectivity index (χ2v) is 8.29. The van der Waals surface area contributed by atoms with E-state index in [4.69, 9.17) is 0 Å². The van der Waals surface area contributed by atoms with Gasteiger partial charge >= 0.3 is 0 Å². The Kier molecular flexibility index (Phi) is 5.62. The number of benzene rings is 1. The summed E-state index contributed by atoms with van der Waals surface area (Å²) in [4.78, 5) is 28.7. The topological polar surface area (TPSA) is 65.1 Å². The Balaban J connectivity index is 1.45. The highest BCUT2D eigenvalue weighted by atomic mass is 16.2. The van der Waals surface area contributed by atoms with Gasteiger partial charge in [0.05, 0.1) is 0 Å². The van der Waals surface area contributed by atoms with Crippen molar-refractivity contribution < 1.29 is 4.79 Å². The number of carbonyl (C=O) groups excluding carboxylic acids is 1. The zero-order chi connectivity index (χ0) is 20.4. The number of aromatic nitrogens is 3. The van der Waals surface area contributed by atoms with Crippen LogP contribution < -0.4 is 0 Å². The van der Waals surface area contributed by atoms with Gasteiger partial charge in [0.25, 0.3) is 5.91 Å². The lowest BCUT2D eigenvalue weighted by molar-refractivity contribution is 0.0821. The van der Waals surface area contributed by atoms with Crippen LogP contribution in [0.1, 0.15) is 40.4 Å². The van der Waals surface area contributed by atoms with Gasteiger partial charge in [0.2, 0.25) is 0 Å². The van der Waals surface area contributed by atoms with E-state index >= 15 is 0 Å². The van der Waals surface area contributed by atoms with Crippen LogP contribution in [0.15, 0.2) is 36.5 Å². The predicted octanol–water partition coefficient (Wildman–Crippen LogP) is 3.42. The molecule has 29 heavy (non-hydrogen) atoms. The second kappa shape index (κ2) is 8.33. The standard InChI is InChI=1S/C23H29N5O/c1-16-25-19(13-22(26-16)23(29)27(2)3)12-17-6-5-11-28(14-17)15-18-7-4-8-21-20(18)9-10-24-21/h4,7-10,13,17,24H,5-6,11-12,14-15H2,1-3H3/t17-/m1/s1. The molecule has 0 bridgehead atoms. The van der Waals surface area contributed by atoms with E-state index in [9.17, 15) is 4.79 Å². The number of aromatic amines is 1. The molecule has 2 aromatic heterocycles. The number of carbonyl (C=O) groups is 1. The molecule has 0 aliphatic carbocycles. The minimum Gasteiger partial charge on any atom is -0.361 e. The van der Waals surface area contributed by atoms with Crippen molar-refractivity contribution in [1.82, 2.24) is 24.8 Å². The van der Waals surface area contributed by atoms with E-state index in [1.165, 1.54) is 29.3 Å². The van der Waals surface area contributed by atoms with Crippen LogP contribution in [0.2, 0.25) is 0 Å². The van der Waals surface area contributed by atoms with Crippen LogP contribution in [0.25, 0.3) is 10.9 Å². The summed E-state index contributed by atoms with van der Waals surface area (Å²) >= 11 is 0. The van der Waals surface area contributed by atoms with Gasteiger partial charge < -0.3 is 9.88 Å². The lowest BCUT2D eigenvalue weighted by atomic mass is 9.92. The van der Waals surface area contributed by atoms with Crippen LogP contribution in [0.3, 0.4) is 0 Å². The van der Waals surface area contributed by atoms with E-state index in [1.807, 2.05) is 19.2 Å². The first-order valence-corrected chi connectivity index (χ1v) is 10.3. The number of aryl methyl sites for hydroxylation is 1. The maximum absolute atomic E-state index is 12.3. The molecule has 1 fully saturated rings. The van der Waals surface area contributed by atoms with Crippen LogP contribution in [-0.2, 0) is 13.0 Å². The molecule has 1 N–H and O–H groups in total. The van der Waals surface area contributed by atoms with Gasteiger partial charge in [-0.15, -0.1) is 0 Å². The summed E-state index contributed by atoms with van der Waals surface area (Å²) in [7, 11) is 3.51. The van der Waals surface area contributed by atoms with Crippen molar-refractivity contribution in [2.75, 3.05) is 27.2 Å². The van der Waals surface area contributed by atoms with Crippen LogP contribution in [0.5, 0.6) is 0 Å². The molecule has 0 radical (unpaired) electrons. The monoisotopic (exact) mass is 391 g/mol. The van der Waals surface area contributed by atoms with Gasteiger partial charge in [0.15, 0.2) is 0 Å². The van der Waals surface area contributed by atoms with Crippen molar-refractivity contribution in [1.29, 1.82) is 0 Å². The van der Waals surface area contributed by atoms with E-state index in [1.54, 1.807) is 19.0 Å². The van der Waals surface area contributed by atoms with E-state index < -0.39 is 0 Å². The van der Waals surface area contributed by atoms with Crippen molar-refractivity contribution in [2.45, 2.75) is 32.7 Å². The number of H-pyrrole nitrogens is 1. The summed E-state index contributed by atoms with van der Waals surface area (Å²) in [6, 6.07) is 10.5. The molecule has 1 aliphatic rings. The Labute approximate surface area is 172 Å². The highest BCUT2D eigenvalue weighted by Gasteiger charge is 2.22. The fourth-order valence-corrected chi connectivity index (χ4v) is 4.36. The summed E-state index contributed by atoms with van der Waals surface area (Å²) in [6.45, 7) is 5.02. The zero-order valence-electron chi connectivity index (χ0n) is 17.5. The number of nitrogens with zero attached hydrogens (tertiary/aromatic N) is 4. The normalized spacial score (nSPS) is 17.6. The van der Waals surface area contributed by atoms with Gasteiger partial charge in [-0.3, -0.25) is 9.69 Å². The maximum atomic E-state index is 12.3.